The molecule has 0 bridgehead atoms. The Bertz CT molecular complexity index is 2720. The number of hydrogen-bond acceptors (Lipinski definition) is 0. The average Bonchev–Trinajstić information content (AvgIpc) is 3.71. The maximum atomic E-state index is 4.36. The van der Waals surface area contributed by atoms with Gasteiger partial charge in [-0.3, -0.25) is 0 Å². The molecule has 0 saturated heterocycles. The summed E-state index contributed by atoms with van der Waals surface area (Å²) in [4.78, 5) is 0. The standard InChI is InChI=1S/C49H36N2/c1-3-14-44-42(4-2)48-46(50(44)40-29-27-38(28-30-40)37-25-23-36(24-26-37)34-15-7-5-8-16-34)31-32-47-49(48)43-21-11-12-22-45(43)51(47)41-20-13-19-39(33-41)35-17-9-6-10-18-35/h3-33H,2H2,1H3/b14-3-. The molecule has 2 heterocycles. The first-order valence-corrected chi connectivity index (χ1v) is 17.5. The summed E-state index contributed by atoms with van der Waals surface area (Å²) in [6, 6.07) is 61.1. The van der Waals surface area contributed by atoms with Gasteiger partial charge in [0.25, 0.3) is 0 Å². The second-order valence-corrected chi connectivity index (χ2v) is 13.0. The van der Waals surface area contributed by atoms with Crippen molar-refractivity contribution in [2.45, 2.75) is 6.92 Å². The van der Waals surface area contributed by atoms with Crippen molar-refractivity contribution in [1.82, 2.24) is 9.13 Å². The Morgan fingerprint density at radius 3 is 1.59 bits per heavy atom. The molecule has 0 atom stereocenters. The molecule has 7 aromatic carbocycles. The zero-order valence-corrected chi connectivity index (χ0v) is 28.5. The molecule has 0 saturated carbocycles. The summed E-state index contributed by atoms with van der Waals surface area (Å²) in [5.74, 6) is 0. The normalized spacial score (nSPS) is 11.6. The maximum absolute atomic E-state index is 4.36. The van der Waals surface area contributed by atoms with Crippen LogP contribution in [0.4, 0.5) is 0 Å². The smallest absolute Gasteiger partial charge is 0.0548 e. The minimum absolute atomic E-state index is 1.12. The lowest BCUT2D eigenvalue weighted by atomic mass is 10.0. The van der Waals surface area contributed by atoms with Gasteiger partial charge in [0.2, 0.25) is 0 Å². The molecule has 2 aromatic heterocycles. The van der Waals surface area contributed by atoms with Gasteiger partial charge in [-0.2, -0.15) is 0 Å². The first kappa shape index (κ1) is 30.4. The van der Waals surface area contributed by atoms with E-state index in [0.29, 0.717) is 0 Å². The molecule has 2 nitrogen and oxygen atoms in total. The van der Waals surface area contributed by atoms with Crippen molar-refractivity contribution in [3.05, 3.63) is 194 Å². The molecule has 0 radical (unpaired) electrons. The number of rotatable bonds is 7. The third-order valence-electron chi connectivity index (χ3n) is 10.0. The van der Waals surface area contributed by atoms with E-state index >= 15 is 0 Å². The van der Waals surface area contributed by atoms with E-state index in [1.54, 1.807) is 0 Å². The number of aromatic nitrogens is 2. The number of hydrogen-bond donors (Lipinski definition) is 0. The van der Waals surface area contributed by atoms with Crippen LogP contribution < -0.4 is 0 Å². The number of benzene rings is 7. The largest absolute Gasteiger partial charge is 0.309 e. The fourth-order valence-corrected chi connectivity index (χ4v) is 7.72. The van der Waals surface area contributed by atoms with Crippen molar-refractivity contribution >= 4 is 44.9 Å². The summed E-state index contributed by atoms with van der Waals surface area (Å²) in [7, 11) is 0. The first-order valence-electron chi connectivity index (χ1n) is 17.5. The highest BCUT2D eigenvalue weighted by molar-refractivity contribution is 6.24. The lowest BCUT2D eigenvalue weighted by molar-refractivity contribution is 1.10. The molecule has 0 amide bonds. The van der Waals surface area contributed by atoms with Gasteiger partial charge in [0, 0.05) is 33.1 Å². The summed E-state index contributed by atoms with van der Waals surface area (Å²) >= 11 is 0. The fourth-order valence-electron chi connectivity index (χ4n) is 7.72. The first-order chi connectivity index (χ1) is 25.2. The molecule has 51 heavy (non-hydrogen) atoms. The molecule has 242 valence electrons. The van der Waals surface area contributed by atoms with Gasteiger partial charge < -0.3 is 9.13 Å². The molecule has 0 fully saturated rings. The van der Waals surface area contributed by atoms with E-state index in [2.05, 4.69) is 205 Å². The molecule has 2 heteroatoms. The second kappa shape index (κ2) is 12.7. The number of fused-ring (bicyclic) bond motifs is 5. The molecule has 0 N–H and O–H groups in total. The molecule has 0 unspecified atom stereocenters. The summed E-state index contributed by atoms with van der Waals surface area (Å²) in [6.07, 6.45) is 6.36. The SMILES string of the molecule is C=Cc1c(/C=C\C)n(-c2ccc(-c3ccc(-c4ccccc4)cc3)cc2)c2ccc3c(c4ccccc4n3-c3cccc(-c4ccccc4)c3)c12. The van der Waals surface area contributed by atoms with Gasteiger partial charge in [-0.1, -0.05) is 146 Å². The fraction of sp³-hybridized carbons (Fsp3) is 0.0204. The molecule has 9 aromatic rings. The minimum Gasteiger partial charge on any atom is -0.309 e. The Hall–Kier alpha value is -6.64. The van der Waals surface area contributed by atoms with E-state index < -0.39 is 0 Å². The second-order valence-electron chi connectivity index (χ2n) is 13.0. The highest BCUT2D eigenvalue weighted by atomic mass is 15.0. The molecular weight excluding hydrogens is 617 g/mol. The third kappa shape index (κ3) is 5.12. The Labute approximate surface area is 298 Å². The van der Waals surface area contributed by atoms with Gasteiger partial charge in [0.05, 0.1) is 22.2 Å². The summed E-state index contributed by atoms with van der Waals surface area (Å²) < 4.78 is 4.80. The van der Waals surface area contributed by atoms with Crippen LogP contribution in [0, 0.1) is 0 Å². The van der Waals surface area contributed by atoms with E-state index in [0.717, 1.165) is 28.1 Å². The van der Waals surface area contributed by atoms with Crippen LogP contribution in [0.1, 0.15) is 18.2 Å². The van der Waals surface area contributed by atoms with Crippen LogP contribution in [-0.4, -0.2) is 9.13 Å². The lowest BCUT2D eigenvalue weighted by Crippen LogP contribution is -1.97. The van der Waals surface area contributed by atoms with E-state index in [4.69, 9.17) is 0 Å². The Morgan fingerprint density at radius 1 is 0.431 bits per heavy atom. The third-order valence-corrected chi connectivity index (χ3v) is 10.0. The monoisotopic (exact) mass is 652 g/mol. The van der Waals surface area contributed by atoms with Gasteiger partial charge >= 0.3 is 0 Å². The van der Waals surface area contributed by atoms with Gasteiger partial charge in [-0.05, 0) is 88.8 Å². The highest BCUT2D eigenvalue weighted by Crippen LogP contribution is 2.42. The van der Waals surface area contributed by atoms with Crippen LogP contribution >= 0.6 is 0 Å². The number of nitrogens with zero attached hydrogens (tertiary/aromatic N) is 2. The number of allylic oxidation sites excluding steroid dienone is 1. The van der Waals surface area contributed by atoms with Crippen LogP contribution in [0.15, 0.2) is 183 Å². The van der Waals surface area contributed by atoms with Crippen molar-refractivity contribution in [3.8, 4) is 44.8 Å². The Balaban J connectivity index is 1.21. The maximum Gasteiger partial charge on any atom is 0.0548 e. The molecule has 0 spiro atoms. The number of para-hydroxylation sites is 1. The molecule has 9 rings (SSSR count). The van der Waals surface area contributed by atoms with E-state index in [1.807, 2.05) is 6.08 Å². The average molecular weight is 653 g/mol. The molecule has 0 aliphatic heterocycles. The van der Waals surface area contributed by atoms with Crippen molar-refractivity contribution in [2.75, 3.05) is 0 Å². The minimum atomic E-state index is 1.12. The zero-order chi connectivity index (χ0) is 34.3. The predicted octanol–water partition coefficient (Wildman–Crippen LogP) is 13.4. The summed E-state index contributed by atoms with van der Waals surface area (Å²) in [5, 5.41) is 3.68. The quantitative estimate of drug-likeness (QED) is 0.162. The Kier molecular flexibility index (Phi) is 7.56. The summed E-state index contributed by atoms with van der Waals surface area (Å²) in [6.45, 7) is 6.44. The van der Waals surface area contributed by atoms with E-state index in [1.165, 1.54) is 60.6 Å². The van der Waals surface area contributed by atoms with Gasteiger partial charge in [0.1, 0.15) is 0 Å². The van der Waals surface area contributed by atoms with Gasteiger partial charge in [-0.15, -0.1) is 0 Å². The van der Waals surface area contributed by atoms with E-state index in [-0.39, 0.29) is 0 Å². The van der Waals surface area contributed by atoms with Crippen LogP contribution in [0.2, 0.25) is 0 Å². The predicted molar refractivity (Wildman–Crippen MR) is 219 cm³/mol. The van der Waals surface area contributed by atoms with Crippen molar-refractivity contribution in [3.63, 3.8) is 0 Å². The van der Waals surface area contributed by atoms with Crippen LogP contribution in [0.25, 0.3) is 89.6 Å². The molecule has 0 aliphatic rings. The summed E-state index contributed by atoms with van der Waals surface area (Å²) in [5.41, 5.74) is 15.3. The van der Waals surface area contributed by atoms with Crippen molar-refractivity contribution in [2.24, 2.45) is 0 Å². The topological polar surface area (TPSA) is 9.86 Å². The van der Waals surface area contributed by atoms with E-state index in [9.17, 15) is 0 Å². The lowest BCUT2D eigenvalue weighted by Gasteiger charge is -2.12. The van der Waals surface area contributed by atoms with Gasteiger partial charge in [-0.25, -0.2) is 0 Å². The van der Waals surface area contributed by atoms with Crippen molar-refractivity contribution < 1.29 is 0 Å². The van der Waals surface area contributed by atoms with Crippen molar-refractivity contribution in [1.29, 1.82) is 0 Å². The molecular formula is C49H36N2. The zero-order valence-electron chi connectivity index (χ0n) is 28.5. The van der Waals surface area contributed by atoms with Crippen LogP contribution in [0.5, 0.6) is 0 Å². The van der Waals surface area contributed by atoms with Crippen LogP contribution in [0.3, 0.4) is 0 Å². The Morgan fingerprint density at radius 2 is 0.961 bits per heavy atom. The highest BCUT2D eigenvalue weighted by Gasteiger charge is 2.22. The molecule has 0 aliphatic carbocycles. The van der Waals surface area contributed by atoms with Gasteiger partial charge in [0.15, 0.2) is 0 Å². The van der Waals surface area contributed by atoms with Crippen LogP contribution in [-0.2, 0) is 0 Å².